The highest BCUT2D eigenvalue weighted by molar-refractivity contribution is 7.92. The van der Waals surface area contributed by atoms with Crippen LogP contribution in [-0.4, -0.2) is 39.8 Å². The molecular weight excluding hydrogens is 424 g/mol. The van der Waals surface area contributed by atoms with Gasteiger partial charge in [0, 0.05) is 5.39 Å². The summed E-state index contributed by atoms with van der Waals surface area (Å²) in [5.41, 5.74) is 2.37. The molecule has 0 unspecified atom stereocenters. The van der Waals surface area contributed by atoms with Crippen LogP contribution >= 0.6 is 0 Å². The minimum Gasteiger partial charge on any atom is -0.491 e. The number of hydrogen-bond donors (Lipinski definition) is 1. The third kappa shape index (κ3) is 5.59. The number of carbonyl (C=O) groups is 1. The second-order valence-corrected chi connectivity index (χ2v) is 9.80. The number of aryl methyl sites for hydroxylation is 2. The molecule has 0 aromatic heterocycles. The second-order valence-electron chi connectivity index (χ2n) is 7.95. The monoisotopic (exact) mass is 454 g/mol. The van der Waals surface area contributed by atoms with Gasteiger partial charge in [-0.05, 0) is 55.0 Å². The molecule has 3 aromatic rings. The summed E-state index contributed by atoms with van der Waals surface area (Å²) in [6, 6.07) is 18.5. The fraction of sp³-hybridized carbons (Fsp3) is 0.320. The van der Waals surface area contributed by atoms with Gasteiger partial charge in [-0.25, -0.2) is 8.42 Å². The first-order chi connectivity index (χ1) is 15.2. The minimum atomic E-state index is -3.66. The maximum absolute atomic E-state index is 13.0. The van der Waals surface area contributed by atoms with Gasteiger partial charge in [-0.2, -0.15) is 0 Å². The summed E-state index contributed by atoms with van der Waals surface area (Å²) in [6.07, 6.45) is 1.47. The normalized spacial score (nSPS) is 12.4. The smallest absolute Gasteiger partial charge is 0.244 e. The molecule has 3 rings (SSSR count). The van der Waals surface area contributed by atoms with Gasteiger partial charge in [-0.3, -0.25) is 9.10 Å². The average Bonchev–Trinajstić information content (AvgIpc) is 2.73. The second kappa shape index (κ2) is 10.0. The number of nitrogens with zero attached hydrogens (tertiary/aromatic N) is 1. The zero-order chi connectivity index (χ0) is 23.3. The van der Waals surface area contributed by atoms with Crippen LogP contribution in [0.5, 0.6) is 5.75 Å². The van der Waals surface area contributed by atoms with Gasteiger partial charge >= 0.3 is 0 Å². The van der Waals surface area contributed by atoms with E-state index in [1.54, 1.807) is 19.1 Å². The number of carbonyl (C=O) groups excluding carboxylic acids is 1. The lowest BCUT2D eigenvalue weighted by molar-refractivity contribution is -0.122. The number of anilines is 1. The Labute approximate surface area is 190 Å². The van der Waals surface area contributed by atoms with Crippen LogP contribution in [0.3, 0.4) is 0 Å². The zero-order valence-electron chi connectivity index (χ0n) is 19.0. The van der Waals surface area contributed by atoms with Crippen molar-refractivity contribution in [2.45, 2.75) is 33.2 Å². The topological polar surface area (TPSA) is 75.7 Å². The summed E-state index contributed by atoms with van der Waals surface area (Å²) in [4.78, 5) is 13.0. The largest absolute Gasteiger partial charge is 0.491 e. The van der Waals surface area contributed by atoms with Gasteiger partial charge in [0.1, 0.15) is 18.4 Å². The molecule has 0 aliphatic rings. The zero-order valence-corrected chi connectivity index (χ0v) is 19.8. The van der Waals surface area contributed by atoms with Crippen LogP contribution in [0, 0.1) is 13.8 Å². The van der Waals surface area contributed by atoms with Gasteiger partial charge in [0.05, 0.1) is 18.5 Å². The average molecular weight is 455 g/mol. The third-order valence-corrected chi connectivity index (χ3v) is 6.38. The lowest BCUT2D eigenvalue weighted by atomic mass is 10.1. The number of fused-ring (bicyclic) bond motifs is 1. The van der Waals surface area contributed by atoms with Crippen molar-refractivity contribution in [3.63, 3.8) is 0 Å². The minimum absolute atomic E-state index is 0.267. The van der Waals surface area contributed by atoms with Gasteiger partial charge < -0.3 is 10.1 Å². The van der Waals surface area contributed by atoms with Gasteiger partial charge in [0.15, 0.2) is 0 Å². The summed E-state index contributed by atoms with van der Waals surface area (Å²) in [5, 5.41) is 4.92. The quantitative estimate of drug-likeness (QED) is 0.492. The van der Waals surface area contributed by atoms with Crippen LogP contribution in [-0.2, 0) is 14.8 Å². The van der Waals surface area contributed by atoms with E-state index in [0.29, 0.717) is 12.1 Å². The van der Waals surface area contributed by atoms with Crippen LogP contribution in [0.25, 0.3) is 10.8 Å². The molecule has 6 nitrogen and oxygen atoms in total. The van der Waals surface area contributed by atoms with Gasteiger partial charge in [0.25, 0.3) is 0 Å². The van der Waals surface area contributed by atoms with E-state index < -0.39 is 16.1 Å². The lowest BCUT2D eigenvalue weighted by Gasteiger charge is -2.30. The number of benzene rings is 3. The summed E-state index contributed by atoms with van der Waals surface area (Å²) in [6.45, 7) is 6.16. The molecule has 0 saturated carbocycles. The molecule has 0 radical (unpaired) electrons. The Hall–Kier alpha value is -3.06. The Morgan fingerprint density at radius 1 is 1.03 bits per heavy atom. The lowest BCUT2D eigenvalue weighted by Crippen LogP contribution is -2.50. The van der Waals surface area contributed by atoms with Crippen LogP contribution in [0.4, 0.5) is 5.69 Å². The molecule has 3 aromatic carbocycles. The summed E-state index contributed by atoms with van der Waals surface area (Å²) >= 11 is 0. The van der Waals surface area contributed by atoms with Gasteiger partial charge in [-0.1, -0.05) is 49.4 Å². The fourth-order valence-electron chi connectivity index (χ4n) is 3.91. The molecule has 170 valence electrons. The molecular formula is C25H30N2O4S. The van der Waals surface area contributed by atoms with Crippen molar-refractivity contribution >= 4 is 32.4 Å². The predicted octanol–water partition coefficient (Wildman–Crippen LogP) is 4.20. The standard InChI is InChI=1S/C25H30N2O4S/c1-5-23(27(32(4,29)30)21-16-18(2)15-19(3)17-21)25(28)26-13-14-31-24-12-8-10-20-9-6-7-11-22(20)24/h6-12,15-17,23H,5,13-14H2,1-4H3,(H,26,28)/t23-/m0/s1. The molecule has 0 aliphatic carbocycles. The Balaban J connectivity index is 1.70. The van der Waals surface area contributed by atoms with Crippen LogP contribution in [0.15, 0.2) is 60.7 Å². The Kier molecular flexibility index (Phi) is 7.40. The maximum atomic E-state index is 13.0. The van der Waals surface area contributed by atoms with Crippen molar-refractivity contribution in [1.29, 1.82) is 0 Å². The molecule has 0 bridgehead atoms. The van der Waals surface area contributed by atoms with E-state index >= 15 is 0 Å². The summed E-state index contributed by atoms with van der Waals surface area (Å²) < 4.78 is 32.3. The van der Waals surface area contributed by atoms with Crippen LogP contribution in [0.1, 0.15) is 24.5 Å². The molecule has 0 heterocycles. The van der Waals surface area contributed by atoms with E-state index in [4.69, 9.17) is 4.74 Å². The number of nitrogens with one attached hydrogen (secondary N) is 1. The first kappa shape index (κ1) is 23.6. The number of hydrogen-bond acceptors (Lipinski definition) is 4. The van der Waals surface area contributed by atoms with Crippen LogP contribution in [0.2, 0.25) is 0 Å². The van der Waals surface area contributed by atoms with Crippen molar-refractivity contribution in [3.8, 4) is 5.75 Å². The molecule has 7 heteroatoms. The van der Waals surface area contributed by atoms with E-state index in [9.17, 15) is 13.2 Å². The van der Waals surface area contributed by atoms with E-state index in [-0.39, 0.29) is 19.1 Å². The number of sulfonamides is 1. The highest BCUT2D eigenvalue weighted by atomic mass is 32.2. The van der Waals surface area contributed by atoms with Crippen LogP contribution < -0.4 is 14.4 Å². The maximum Gasteiger partial charge on any atom is 0.244 e. The Morgan fingerprint density at radius 2 is 1.69 bits per heavy atom. The Bertz CT molecular complexity index is 1180. The summed E-state index contributed by atoms with van der Waals surface area (Å²) in [5.74, 6) is 0.399. The molecule has 0 aliphatic heterocycles. The van der Waals surface area contributed by atoms with Crippen molar-refractivity contribution in [2.24, 2.45) is 0 Å². The predicted molar refractivity (Wildman–Crippen MR) is 130 cm³/mol. The molecule has 1 N–H and O–H groups in total. The Morgan fingerprint density at radius 3 is 2.34 bits per heavy atom. The number of ether oxygens (including phenoxy) is 1. The van der Waals surface area contributed by atoms with E-state index in [0.717, 1.165) is 33.9 Å². The molecule has 1 amide bonds. The molecule has 0 saturated heterocycles. The van der Waals surface area contributed by atoms with E-state index in [1.807, 2.05) is 62.4 Å². The van der Waals surface area contributed by atoms with E-state index in [2.05, 4.69) is 5.32 Å². The highest BCUT2D eigenvalue weighted by Crippen LogP contribution is 2.26. The summed E-state index contributed by atoms with van der Waals surface area (Å²) in [7, 11) is -3.66. The van der Waals surface area contributed by atoms with Crippen molar-refractivity contribution in [1.82, 2.24) is 5.32 Å². The highest BCUT2D eigenvalue weighted by Gasteiger charge is 2.31. The first-order valence-corrected chi connectivity index (χ1v) is 12.5. The molecule has 32 heavy (non-hydrogen) atoms. The van der Waals surface area contributed by atoms with Crippen molar-refractivity contribution in [3.05, 3.63) is 71.8 Å². The SMILES string of the molecule is CC[C@@H](C(=O)NCCOc1cccc2ccccc12)N(c1cc(C)cc(C)c1)S(C)(=O)=O. The number of rotatable bonds is 9. The van der Waals surface area contributed by atoms with Gasteiger partial charge in [0.2, 0.25) is 15.9 Å². The van der Waals surface area contributed by atoms with Crippen molar-refractivity contribution < 1.29 is 17.9 Å². The third-order valence-electron chi connectivity index (χ3n) is 5.20. The van der Waals surface area contributed by atoms with E-state index in [1.165, 1.54) is 4.31 Å². The molecule has 1 atom stereocenters. The number of amides is 1. The molecule has 0 fully saturated rings. The molecule has 0 spiro atoms. The van der Waals surface area contributed by atoms with Crippen molar-refractivity contribution in [2.75, 3.05) is 23.7 Å². The van der Waals surface area contributed by atoms with Gasteiger partial charge in [-0.15, -0.1) is 0 Å². The first-order valence-electron chi connectivity index (χ1n) is 10.7. The fourth-order valence-corrected chi connectivity index (χ4v) is 5.11.